The quantitative estimate of drug-likeness (QED) is 0.527. The lowest BCUT2D eigenvalue weighted by atomic mass is 9.83. The van der Waals surface area contributed by atoms with Crippen LogP contribution in [0.3, 0.4) is 0 Å². The van der Waals surface area contributed by atoms with Crippen LogP contribution >= 0.6 is 0 Å². The number of nitrogens with one attached hydrogen (secondary N) is 1. The van der Waals surface area contributed by atoms with E-state index >= 15 is 0 Å². The molecule has 3 N–H and O–H groups in total. The van der Waals surface area contributed by atoms with E-state index in [-0.39, 0.29) is 42.5 Å². The summed E-state index contributed by atoms with van der Waals surface area (Å²) >= 11 is 0. The maximum absolute atomic E-state index is 13.8. The van der Waals surface area contributed by atoms with Crippen molar-refractivity contribution in [1.29, 1.82) is 0 Å². The Morgan fingerprint density at radius 2 is 1.73 bits per heavy atom. The number of para-hydroxylation sites is 1. The number of carbonyl (C=O) groups excluding carboxylic acids is 2. The Morgan fingerprint density at radius 1 is 0.973 bits per heavy atom. The molecular formula is C30H36N4O3. The molecule has 0 spiro atoms. The van der Waals surface area contributed by atoms with Crippen molar-refractivity contribution in [3.8, 4) is 0 Å². The fraction of sp³-hybridized carbons (Fsp3) is 0.467. The number of amides is 2. The van der Waals surface area contributed by atoms with Crippen LogP contribution in [0.2, 0.25) is 0 Å². The molecule has 2 amide bonds. The Hall–Kier alpha value is -3.32. The second kappa shape index (κ2) is 10.2. The average Bonchev–Trinajstić information content (AvgIpc) is 3.66. The predicted octanol–water partition coefficient (Wildman–Crippen LogP) is 4.78. The number of fused-ring (bicyclic) bond motifs is 2. The lowest BCUT2D eigenvalue weighted by Crippen LogP contribution is -2.52. The van der Waals surface area contributed by atoms with Gasteiger partial charge >= 0.3 is 6.09 Å². The fourth-order valence-electron chi connectivity index (χ4n) is 6.92. The van der Waals surface area contributed by atoms with Gasteiger partial charge < -0.3 is 25.3 Å². The van der Waals surface area contributed by atoms with Gasteiger partial charge in [-0.2, -0.15) is 0 Å². The Balaban J connectivity index is 1.28. The minimum atomic E-state index is -0.471. The minimum Gasteiger partial charge on any atom is -0.445 e. The Morgan fingerprint density at radius 3 is 2.54 bits per heavy atom. The highest BCUT2D eigenvalue weighted by molar-refractivity contribution is 5.86. The highest BCUT2D eigenvalue weighted by Gasteiger charge is 2.53. The zero-order chi connectivity index (χ0) is 25.4. The Kier molecular flexibility index (Phi) is 6.63. The van der Waals surface area contributed by atoms with Crippen molar-refractivity contribution in [3.05, 3.63) is 71.9 Å². The summed E-state index contributed by atoms with van der Waals surface area (Å²) in [6.45, 7) is 1.38. The van der Waals surface area contributed by atoms with Gasteiger partial charge in [-0.15, -0.1) is 0 Å². The van der Waals surface area contributed by atoms with Gasteiger partial charge in [0.25, 0.3) is 0 Å². The molecule has 0 radical (unpaired) electrons. The van der Waals surface area contributed by atoms with Crippen molar-refractivity contribution in [2.24, 2.45) is 11.7 Å². The molecule has 3 aliphatic rings. The third-order valence-electron chi connectivity index (χ3n) is 8.81. The summed E-state index contributed by atoms with van der Waals surface area (Å²) in [4.78, 5) is 34.4. The number of aromatic nitrogens is 1. The third kappa shape index (κ3) is 4.50. The maximum atomic E-state index is 13.8. The van der Waals surface area contributed by atoms with E-state index in [1.807, 2.05) is 58.5 Å². The zero-order valence-corrected chi connectivity index (χ0v) is 21.2. The first-order chi connectivity index (χ1) is 18.1. The summed E-state index contributed by atoms with van der Waals surface area (Å²) < 4.78 is 5.76. The van der Waals surface area contributed by atoms with Crippen LogP contribution in [0, 0.1) is 5.92 Å². The van der Waals surface area contributed by atoms with E-state index in [1.165, 1.54) is 6.42 Å². The van der Waals surface area contributed by atoms with Crippen molar-refractivity contribution in [3.63, 3.8) is 0 Å². The highest BCUT2D eigenvalue weighted by Crippen LogP contribution is 2.44. The van der Waals surface area contributed by atoms with Gasteiger partial charge in [0.15, 0.2) is 0 Å². The number of aromatic amines is 1. The number of nitrogens with zero attached hydrogens (tertiary/aromatic N) is 2. The molecule has 3 aromatic rings. The molecule has 6 rings (SSSR count). The molecule has 0 bridgehead atoms. The van der Waals surface area contributed by atoms with Crippen molar-refractivity contribution < 1.29 is 14.3 Å². The molecule has 2 aromatic carbocycles. The predicted molar refractivity (Wildman–Crippen MR) is 143 cm³/mol. The average molecular weight is 501 g/mol. The van der Waals surface area contributed by atoms with E-state index in [0.717, 1.165) is 54.1 Å². The third-order valence-corrected chi connectivity index (χ3v) is 8.81. The molecule has 3 fully saturated rings. The van der Waals surface area contributed by atoms with Crippen LogP contribution in [0.4, 0.5) is 4.79 Å². The molecule has 7 heteroatoms. The van der Waals surface area contributed by atoms with Crippen LogP contribution in [-0.4, -0.2) is 58.0 Å². The van der Waals surface area contributed by atoms with Gasteiger partial charge in [0.05, 0.1) is 18.1 Å². The fourth-order valence-corrected chi connectivity index (χ4v) is 6.92. The zero-order valence-electron chi connectivity index (χ0n) is 21.2. The molecule has 2 aliphatic heterocycles. The van der Waals surface area contributed by atoms with Gasteiger partial charge in [-0.1, -0.05) is 67.8 Å². The van der Waals surface area contributed by atoms with Gasteiger partial charge in [0, 0.05) is 36.1 Å². The summed E-state index contributed by atoms with van der Waals surface area (Å²) in [6.07, 6.45) is 8.06. The number of likely N-dealkylation sites (tertiary alicyclic amines) is 2. The largest absolute Gasteiger partial charge is 0.445 e. The molecule has 2 saturated heterocycles. The van der Waals surface area contributed by atoms with E-state index in [9.17, 15) is 9.59 Å². The van der Waals surface area contributed by atoms with Gasteiger partial charge in [0.2, 0.25) is 5.91 Å². The van der Waals surface area contributed by atoms with E-state index in [4.69, 9.17) is 10.5 Å². The van der Waals surface area contributed by atoms with Crippen LogP contribution in [0.15, 0.2) is 60.8 Å². The van der Waals surface area contributed by atoms with Crippen molar-refractivity contribution >= 4 is 22.9 Å². The first kappa shape index (κ1) is 24.0. The molecule has 3 heterocycles. The molecule has 1 saturated carbocycles. The second-order valence-corrected chi connectivity index (χ2v) is 10.9. The van der Waals surface area contributed by atoms with Crippen molar-refractivity contribution in [1.82, 2.24) is 14.8 Å². The van der Waals surface area contributed by atoms with Crippen LogP contribution in [-0.2, 0) is 16.1 Å². The summed E-state index contributed by atoms with van der Waals surface area (Å²) in [5.74, 6) is 0.291. The molecule has 7 nitrogen and oxygen atoms in total. The number of rotatable bonds is 5. The maximum Gasteiger partial charge on any atom is 0.410 e. The van der Waals surface area contributed by atoms with Crippen LogP contribution in [0.1, 0.15) is 55.6 Å². The van der Waals surface area contributed by atoms with E-state index in [1.54, 1.807) is 0 Å². The number of hydrogen-bond acceptors (Lipinski definition) is 4. The molecule has 194 valence electrons. The molecule has 37 heavy (non-hydrogen) atoms. The lowest BCUT2D eigenvalue weighted by molar-refractivity contribution is -0.135. The van der Waals surface area contributed by atoms with Crippen molar-refractivity contribution in [2.45, 2.75) is 69.2 Å². The SMILES string of the molecule is NC(C(=O)N1CCC2C1[C@@H](c1c[nH]c3ccccc13)CN2C(=O)OCc1ccccc1)C1CCCCC1. The molecule has 1 aliphatic carbocycles. The van der Waals surface area contributed by atoms with E-state index in [2.05, 4.69) is 17.1 Å². The van der Waals surface area contributed by atoms with E-state index < -0.39 is 6.04 Å². The van der Waals surface area contributed by atoms with Gasteiger partial charge in [0.1, 0.15) is 6.61 Å². The molecule has 1 aromatic heterocycles. The number of carbonyl (C=O) groups is 2. The topological polar surface area (TPSA) is 91.7 Å². The summed E-state index contributed by atoms with van der Waals surface area (Å²) in [5.41, 5.74) is 9.78. The van der Waals surface area contributed by atoms with Gasteiger partial charge in [-0.3, -0.25) is 4.79 Å². The first-order valence-electron chi connectivity index (χ1n) is 13.7. The lowest BCUT2D eigenvalue weighted by Gasteiger charge is -2.34. The summed E-state index contributed by atoms with van der Waals surface area (Å²) in [7, 11) is 0. The van der Waals surface area contributed by atoms with Crippen LogP contribution in [0.25, 0.3) is 10.9 Å². The number of nitrogens with two attached hydrogens (primary N) is 1. The van der Waals surface area contributed by atoms with Gasteiger partial charge in [-0.05, 0) is 42.4 Å². The number of benzene rings is 2. The number of hydrogen-bond donors (Lipinski definition) is 2. The monoisotopic (exact) mass is 500 g/mol. The summed E-state index contributed by atoms with van der Waals surface area (Å²) in [5, 5.41) is 1.14. The Bertz CT molecular complexity index is 1250. The smallest absolute Gasteiger partial charge is 0.410 e. The van der Waals surface area contributed by atoms with Crippen molar-refractivity contribution in [2.75, 3.05) is 13.1 Å². The minimum absolute atomic E-state index is 0.00423. The van der Waals surface area contributed by atoms with Crippen LogP contribution < -0.4 is 5.73 Å². The second-order valence-electron chi connectivity index (χ2n) is 10.9. The first-order valence-corrected chi connectivity index (χ1v) is 13.7. The van der Waals surface area contributed by atoms with E-state index in [0.29, 0.717) is 13.1 Å². The normalized spacial score (nSPS) is 24.8. The Labute approximate surface area is 217 Å². The number of H-pyrrole nitrogens is 1. The molecular weight excluding hydrogens is 464 g/mol. The molecule has 4 atom stereocenters. The highest BCUT2D eigenvalue weighted by atomic mass is 16.6. The summed E-state index contributed by atoms with van der Waals surface area (Å²) in [6, 6.07) is 17.3. The molecule has 3 unspecified atom stereocenters. The number of ether oxygens (including phenoxy) is 1. The van der Waals surface area contributed by atoms with Gasteiger partial charge in [-0.25, -0.2) is 4.79 Å². The standard InChI is InChI=1S/C30H36N4O3/c31-27(21-11-5-2-6-12-21)29(35)33-16-15-26-28(33)24(23-17-32-25-14-8-7-13-22(23)25)18-34(26)30(36)37-19-20-9-3-1-4-10-20/h1,3-4,7-10,13-14,17,21,24,26-28,32H,2,5-6,11-12,15-16,18-19,31H2/t24-,26?,27?,28?/m1/s1. The van der Waals surface area contributed by atoms with Crippen LogP contribution in [0.5, 0.6) is 0 Å².